The molecule has 0 atom stereocenters. The number of hydrogen-bond donors (Lipinski definition) is 0. The van der Waals surface area contributed by atoms with Crippen LogP contribution in [0.25, 0.3) is 0 Å². The molecule has 0 aliphatic rings. The Morgan fingerprint density at radius 3 is 2.50 bits per heavy atom. The Morgan fingerprint density at radius 2 is 2.00 bits per heavy atom. The fourth-order valence-corrected chi connectivity index (χ4v) is 1.18. The Hall–Kier alpha value is -1.84. The van der Waals surface area contributed by atoms with Crippen molar-refractivity contribution in [2.24, 2.45) is 0 Å². The zero-order valence-electron chi connectivity index (χ0n) is 8.08. The Labute approximate surface area is 83.5 Å². The van der Waals surface area contributed by atoms with Gasteiger partial charge < -0.3 is 0 Å². The molecule has 2 nitrogen and oxygen atoms in total. The van der Waals surface area contributed by atoms with E-state index in [1.165, 1.54) is 5.56 Å². The molecule has 0 N–H and O–H groups in total. The smallest absolute Gasteiger partial charge is 0.124 e. The lowest BCUT2D eigenvalue weighted by Gasteiger charge is -2.00. The molecule has 0 aliphatic carbocycles. The van der Waals surface area contributed by atoms with Crippen LogP contribution in [0.15, 0.2) is 29.8 Å². The highest BCUT2D eigenvalue weighted by atomic mass is 16.1. The van der Waals surface area contributed by atoms with Crippen molar-refractivity contribution in [3.05, 3.63) is 41.0 Å². The van der Waals surface area contributed by atoms with E-state index in [0.717, 1.165) is 5.56 Å². The van der Waals surface area contributed by atoms with Gasteiger partial charge >= 0.3 is 0 Å². The summed E-state index contributed by atoms with van der Waals surface area (Å²) in [6.07, 6.45) is 0.689. The first-order valence-electron chi connectivity index (χ1n) is 4.41. The van der Waals surface area contributed by atoms with Gasteiger partial charge in [0.2, 0.25) is 0 Å². The van der Waals surface area contributed by atoms with Crippen LogP contribution in [0.1, 0.15) is 17.5 Å². The fraction of sp³-hybridized carbons (Fsp3) is 0.250. The van der Waals surface area contributed by atoms with E-state index in [4.69, 9.17) is 5.26 Å². The summed E-state index contributed by atoms with van der Waals surface area (Å²) in [6.45, 7) is 2.01. The summed E-state index contributed by atoms with van der Waals surface area (Å²) in [4.78, 5) is 10.5. The highest BCUT2D eigenvalue weighted by Crippen LogP contribution is 2.09. The average molecular weight is 185 g/mol. The van der Waals surface area contributed by atoms with Crippen LogP contribution in [0.2, 0.25) is 0 Å². The molecule has 0 aliphatic heterocycles. The van der Waals surface area contributed by atoms with Gasteiger partial charge in [-0.25, -0.2) is 4.79 Å². The minimum atomic E-state index is 0.164. The number of hydrogen-bond acceptors (Lipinski definition) is 2. The topological polar surface area (TPSA) is 40.9 Å². The van der Waals surface area contributed by atoms with Gasteiger partial charge in [0.05, 0.1) is 12.5 Å². The predicted molar refractivity (Wildman–Crippen MR) is 54.3 cm³/mol. The van der Waals surface area contributed by atoms with Crippen LogP contribution in [-0.4, -0.2) is 5.94 Å². The molecule has 0 unspecified atom stereocenters. The molecule has 1 rings (SSSR count). The number of benzene rings is 1. The SMILES string of the molecule is Cc1ccc(CC(=C=O)CC#N)cc1. The monoisotopic (exact) mass is 185 g/mol. The zero-order valence-corrected chi connectivity index (χ0v) is 8.08. The van der Waals surface area contributed by atoms with E-state index in [0.29, 0.717) is 12.0 Å². The fourth-order valence-electron chi connectivity index (χ4n) is 1.18. The van der Waals surface area contributed by atoms with E-state index in [2.05, 4.69) is 0 Å². The second-order valence-electron chi connectivity index (χ2n) is 3.20. The Balaban J connectivity index is 2.74. The van der Waals surface area contributed by atoms with Crippen molar-refractivity contribution >= 4 is 5.94 Å². The maximum Gasteiger partial charge on any atom is 0.124 e. The van der Waals surface area contributed by atoms with E-state index in [1.54, 1.807) is 0 Å². The lowest BCUT2D eigenvalue weighted by atomic mass is 10.0. The molecule has 1 aromatic rings. The molecule has 1 aromatic carbocycles. The lowest BCUT2D eigenvalue weighted by molar-refractivity contribution is 0.566. The van der Waals surface area contributed by atoms with E-state index in [1.807, 2.05) is 43.2 Å². The maximum atomic E-state index is 10.5. The van der Waals surface area contributed by atoms with Crippen molar-refractivity contribution in [3.8, 4) is 6.07 Å². The van der Waals surface area contributed by atoms with Crippen LogP contribution in [0.4, 0.5) is 0 Å². The Kier molecular flexibility index (Phi) is 3.67. The number of rotatable bonds is 3. The van der Waals surface area contributed by atoms with Crippen molar-refractivity contribution < 1.29 is 4.79 Å². The predicted octanol–water partition coefficient (Wildman–Crippen LogP) is 2.21. The molecule has 0 bridgehead atoms. The molecular formula is C12H11NO. The van der Waals surface area contributed by atoms with Crippen molar-refractivity contribution in [2.45, 2.75) is 19.8 Å². The van der Waals surface area contributed by atoms with E-state index >= 15 is 0 Å². The molecule has 0 aromatic heterocycles. The number of nitrogens with zero attached hydrogens (tertiary/aromatic N) is 1. The summed E-state index contributed by atoms with van der Waals surface area (Å²) in [5.41, 5.74) is 2.74. The third-order valence-electron chi connectivity index (χ3n) is 1.97. The third kappa shape index (κ3) is 2.90. The van der Waals surface area contributed by atoms with Gasteiger partial charge in [0, 0.05) is 12.0 Å². The standard InChI is InChI=1S/C12H11NO/c1-10-2-4-11(5-3-10)8-12(9-14)6-7-13/h2-5H,6,8H2,1H3. The second-order valence-corrected chi connectivity index (χ2v) is 3.20. The van der Waals surface area contributed by atoms with Crippen molar-refractivity contribution in [1.29, 1.82) is 5.26 Å². The second kappa shape index (κ2) is 5.01. The van der Waals surface area contributed by atoms with E-state index in [9.17, 15) is 4.79 Å². The zero-order chi connectivity index (χ0) is 10.4. The van der Waals surface area contributed by atoms with Gasteiger partial charge in [-0.3, -0.25) is 0 Å². The van der Waals surface area contributed by atoms with Crippen LogP contribution in [0.3, 0.4) is 0 Å². The van der Waals surface area contributed by atoms with Crippen LogP contribution >= 0.6 is 0 Å². The minimum absolute atomic E-state index is 0.164. The molecule has 0 spiro atoms. The summed E-state index contributed by atoms with van der Waals surface area (Å²) in [7, 11) is 0. The van der Waals surface area contributed by atoms with Crippen LogP contribution in [0.5, 0.6) is 0 Å². The lowest BCUT2D eigenvalue weighted by Crippen LogP contribution is -1.90. The summed E-state index contributed by atoms with van der Waals surface area (Å²) < 4.78 is 0. The number of carbonyl (C=O) groups excluding carboxylic acids is 1. The molecule has 0 fully saturated rings. The maximum absolute atomic E-state index is 10.5. The van der Waals surface area contributed by atoms with Gasteiger partial charge in [0.15, 0.2) is 0 Å². The normalized spacial score (nSPS) is 8.86. The Bertz CT molecular complexity index is 391. The van der Waals surface area contributed by atoms with Gasteiger partial charge in [-0.15, -0.1) is 0 Å². The summed E-state index contributed by atoms with van der Waals surface area (Å²) >= 11 is 0. The van der Waals surface area contributed by atoms with Crippen molar-refractivity contribution in [1.82, 2.24) is 0 Å². The highest BCUT2D eigenvalue weighted by Gasteiger charge is 1.99. The summed E-state index contributed by atoms with van der Waals surface area (Å²) in [5.74, 6) is 1.81. The molecule has 14 heavy (non-hydrogen) atoms. The quantitative estimate of drug-likeness (QED) is 0.677. The minimum Gasteiger partial charge on any atom is -0.234 e. The summed E-state index contributed by atoms with van der Waals surface area (Å²) in [5, 5.41) is 8.44. The molecular weight excluding hydrogens is 174 g/mol. The third-order valence-corrected chi connectivity index (χ3v) is 1.97. The average Bonchev–Trinajstić information content (AvgIpc) is 2.20. The molecule has 0 heterocycles. The van der Waals surface area contributed by atoms with Gasteiger partial charge in [-0.2, -0.15) is 5.26 Å². The largest absolute Gasteiger partial charge is 0.234 e. The van der Waals surface area contributed by atoms with E-state index < -0.39 is 0 Å². The first-order chi connectivity index (χ1) is 6.76. The molecule has 2 heteroatoms. The highest BCUT2D eigenvalue weighted by molar-refractivity contribution is 5.54. The first-order valence-corrected chi connectivity index (χ1v) is 4.41. The number of allylic oxidation sites excluding steroid dienone is 1. The molecule has 70 valence electrons. The molecule has 0 amide bonds. The Morgan fingerprint density at radius 1 is 1.36 bits per heavy atom. The first kappa shape index (κ1) is 10.2. The van der Waals surface area contributed by atoms with Crippen molar-refractivity contribution in [3.63, 3.8) is 0 Å². The number of aryl methyl sites for hydroxylation is 1. The molecule has 0 saturated heterocycles. The summed E-state index contributed by atoms with van der Waals surface area (Å²) in [6, 6.07) is 9.86. The van der Waals surface area contributed by atoms with Gasteiger partial charge in [0.25, 0.3) is 0 Å². The van der Waals surface area contributed by atoms with Crippen LogP contribution < -0.4 is 0 Å². The van der Waals surface area contributed by atoms with E-state index in [-0.39, 0.29) is 6.42 Å². The van der Waals surface area contributed by atoms with Gasteiger partial charge in [-0.1, -0.05) is 29.8 Å². The van der Waals surface area contributed by atoms with Gasteiger partial charge in [-0.05, 0) is 12.5 Å². The molecule has 0 saturated carbocycles. The van der Waals surface area contributed by atoms with Crippen LogP contribution in [-0.2, 0) is 11.2 Å². The number of nitriles is 1. The molecule has 0 radical (unpaired) electrons. The van der Waals surface area contributed by atoms with Gasteiger partial charge in [0.1, 0.15) is 5.94 Å². The van der Waals surface area contributed by atoms with Crippen LogP contribution in [0, 0.1) is 18.3 Å². The van der Waals surface area contributed by atoms with Crippen molar-refractivity contribution in [2.75, 3.05) is 0 Å².